The van der Waals surface area contributed by atoms with Crippen molar-refractivity contribution in [3.63, 3.8) is 0 Å². The molecule has 15 nitrogen and oxygen atoms in total. The summed E-state index contributed by atoms with van der Waals surface area (Å²) >= 11 is 0. The second-order valence-corrected chi connectivity index (χ2v) is 19.8. The van der Waals surface area contributed by atoms with Gasteiger partial charge in [0.1, 0.15) is 11.5 Å². The van der Waals surface area contributed by atoms with Crippen LogP contribution in [0.25, 0.3) is 0 Å². The zero-order valence-electron chi connectivity index (χ0n) is 35.8. The van der Waals surface area contributed by atoms with Gasteiger partial charge in [-0.2, -0.15) is 18.3 Å². The number of carboxylic acids is 1. The van der Waals surface area contributed by atoms with Crippen molar-refractivity contribution in [2.75, 3.05) is 65.6 Å². The van der Waals surface area contributed by atoms with E-state index < -0.39 is 58.8 Å². The Morgan fingerprint density at radius 3 is 2.27 bits per heavy atom. The predicted molar refractivity (Wildman–Crippen MR) is 219 cm³/mol. The van der Waals surface area contributed by atoms with Gasteiger partial charge in [-0.05, 0) is 101 Å². The fraction of sp³-hybridized carbons (Fsp3) is 0.689. The number of alkyl halides is 3. The molecule has 0 unspecified atom stereocenters. The van der Waals surface area contributed by atoms with E-state index in [-0.39, 0.29) is 79.5 Å². The number of hydrogen-bond donors (Lipinski definition) is 3. The first kappa shape index (κ1) is 43.7. The van der Waals surface area contributed by atoms with E-state index in [9.17, 15) is 42.3 Å². The minimum absolute atomic E-state index is 0.0169. The molecule has 3 N–H and O–H groups in total. The summed E-state index contributed by atoms with van der Waals surface area (Å²) in [6.45, 7) is 5.32. The van der Waals surface area contributed by atoms with Crippen molar-refractivity contribution in [1.29, 1.82) is 0 Å². The number of rotatable bonds is 12. The Morgan fingerprint density at radius 2 is 1.63 bits per heavy atom. The van der Waals surface area contributed by atoms with Gasteiger partial charge in [0.05, 0.1) is 55.2 Å². The summed E-state index contributed by atoms with van der Waals surface area (Å²) in [6.07, 6.45) is 4.67. The number of fused-ring (bicyclic) bond motifs is 3. The van der Waals surface area contributed by atoms with Crippen molar-refractivity contribution in [2.45, 2.75) is 102 Å². The minimum Gasteiger partial charge on any atom is -0.478 e. The molecule has 8 aliphatic rings. The highest BCUT2D eigenvalue weighted by Gasteiger charge is 2.72. The second-order valence-electron chi connectivity index (χ2n) is 19.8. The molecule has 1 aromatic heterocycles. The molecule has 2 spiro atoms. The number of ether oxygens (including phenoxy) is 2. The van der Waals surface area contributed by atoms with Crippen LogP contribution >= 0.6 is 0 Å². The quantitative estimate of drug-likeness (QED) is 0.285. The minimum atomic E-state index is -4.71. The Bertz CT molecular complexity index is 2080. The molecule has 3 atom stereocenters. The van der Waals surface area contributed by atoms with Crippen LogP contribution in [0, 0.1) is 27.6 Å². The van der Waals surface area contributed by atoms with Crippen LogP contribution < -0.4 is 10.6 Å². The van der Waals surface area contributed by atoms with Crippen LogP contribution in [0.3, 0.4) is 0 Å². The largest absolute Gasteiger partial charge is 0.478 e. The van der Waals surface area contributed by atoms with E-state index in [1.165, 1.54) is 28.0 Å². The van der Waals surface area contributed by atoms with Gasteiger partial charge in [0.25, 0.3) is 5.91 Å². The number of aromatic nitrogens is 2. The zero-order chi connectivity index (χ0) is 44.4. The maximum absolute atomic E-state index is 14.8. The van der Waals surface area contributed by atoms with Gasteiger partial charge in [-0.3, -0.25) is 23.9 Å². The number of aromatic carboxylic acids is 1. The number of nitrogens with zero attached hydrogens (tertiary/aromatic N) is 5. The fourth-order valence-corrected chi connectivity index (χ4v) is 11.4. The zero-order valence-corrected chi connectivity index (χ0v) is 35.8. The summed E-state index contributed by atoms with van der Waals surface area (Å²) < 4.78 is 56.4. The van der Waals surface area contributed by atoms with Gasteiger partial charge in [0.15, 0.2) is 0 Å². The molecule has 10 rings (SSSR count). The molecule has 2 saturated carbocycles. The Balaban J connectivity index is 0.949. The molecule has 6 saturated heterocycles. The van der Waals surface area contributed by atoms with Crippen LogP contribution in [-0.4, -0.2) is 149 Å². The first-order chi connectivity index (χ1) is 30.0. The normalized spacial score (nSPS) is 27.8. The smallest absolute Gasteiger partial charge is 0.403 e. The van der Waals surface area contributed by atoms with Crippen molar-refractivity contribution in [3.8, 4) is 0 Å². The lowest BCUT2D eigenvalue weighted by atomic mass is 9.70. The number of carbonyl (C=O) groups excluding carboxylic acids is 4. The van der Waals surface area contributed by atoms with Gasteiger partial charge in [-0.15, -0.1) is 0 Å². The van der Waals surface area contributed by atoms with Gasteiger partial charge >= 0.3 is 12.1 Å². The molecule has 2 aromatic rings. The number of carbonyl (C=O) groups is 5. The van der Waals surface area contributed by atoms with Crippen molar-refractivity contribution in [3.05, 3.63) is 53.3 Å². The maximum Gasteiger partial charge on any atom is 0.403 e. The fourth-order valence-electron chi connectivity index (χ4n) is 11.4. The molecule has 8 fully saturated rings. The van der Waals surface area contributed by atoms with E-state index >= 15 is 0 Å². The lowest BCUT2D eigenvalue weighted by Gasteiger charge is -2.51. The van der Waals surface area contributed by atoms with Crippen molar-refractivity contribution >= 4 is 29.6 Å². The van der Waals surface area contributed by atoms with Crippen LogP contribution in [0.5, 0.6) is 0 Å². The number of carboxylic acid groups (broad SMARTS) is 1. The average Bonchev–Trinajstić information content (AvgIpc) is 3.82. The molecule has 18 heteroatoms. The first-order valence-corrected chi connectivity index (χ1v) is 22.6. The van der Waals surface area contributed by atoms with E-state index in [0.717, 1.165) is 69.4 Å². The predicted octanol–water partition coefficient (Wildman–Crippen LogP) is 3.71. The molecular formula is C45H58F3N7O8. The molecular weight excluding hydrogens is 824 g/mol. The topological polar surface area (TPSA) is 176 Å². The number of hydrogen-bond acceptors (Lipinski definition) is 9. The molecule has 2 aliphatic carbocycles. The lowest BCUT2D eigenvalue weighted by molar-refractivity contribution is -0.205. The van der Waals surface area contributed by atoms with Gasteiger partial charge in [-0.1, -0.05) is 18.2 Å². The summed E-state index contributed by atoms with van der Waals surface area (Å²) in [7, 11) is 0. The molecule has 6 aliphatic heterocycles. The standard InChI is InChI=1S/C45H58F3N7O8/c1-29(62-27-42-8-6-32(7-9-42)63-28-42)35(38(58)52-18-14-41(15-19-52)12-16-49-17-13-41)51-36(56)34-23-53(24-43(34)25-54(26-43)40(61)44(10-11-44)45(46,47)48)37(57)31-20-50-55(22-31)21-30-4-2-3-5-33(30)39(59)60/h2-5,20,22,29,32,34-35,49H,6-19,21,23-28H2,1H3,(H,51,56)(H,59,60)/t29-,32?,34+,35+,42?/m1/s1. The number of nitrogens with one attached hydrogen (secondary N) is 2. The van der Waals surface area contributed by atoms with Crippen molar-refractivity contribution < 1.29 is 51.7 Å². The van der Waals surface area contributed by atoms with Crippen molar-refractivity contribution in [1.82, 2.24) is 35.1 Å². The van der Waals surface area contributed by atoms with Crippen LogP contribution in [0.1, 0.15) is 97.4 Å². The number of likely N-dealkylation sites (tertiary alicyclic amines) is 3. The molecule has 1 aromatic carbocycles. The van der Waals surface area contributed by atoms with E-state index in [2.05, 4.69) is 15.7 Å². The van der Waals surface area contributed by atoms with Crippen LogP contribution in [0.4, 0.5) is 13.2 Å². The van der Waals surface area contributed by atoms with E-state index in [1.807, 2.05) is 4.90 Å². The van der Waals surface area contributed by atoms with E-state index in [1.54, 1.807) is 25.1 Å². The van der Waals surface area contributed by atoms with Gasteiger partial charge in [0, 0.05) is 56.3 Å². The number of amides is 4. The monoisotopic (exact) mass is 881 g/mol. The molecule has 342 valence electrons. The molecule has 2 bridgehead atoms. The Hall–Kier alpha value is -4.55. The highest BCUT2D eigenvalue weighted by Crippen LogP contribution is 2.60. The van der Waals surface area contributed by atoms with Gasteiger partial charge in [0.2, 0.25) is 17.7 Å². The molecule has 4 amide bonds. The summed E-state index contributed by atoms with van der Waals surface area (Å²) in [6, 6.07) is 5.37. The van der Waals surface area contributed by atoms with Crippen LogP contribution in [-0.2, 0) is 30.4 Å². The Morgan fingerprint density at radius 1 is 0.952 bits per heavy atom. The number of benzene rings is 1. The molecule has 7 heterocycles. The number of piperidine rings is 2. The average molecular weight is 882 g/mol. The SMILES string of the molecule is C[C@@H](OCC12CCC(CC1)OC2)[C@H](NC(=O)[C@@H]1CN(C(=O)c2cnn(Cc3ccccc3C(=O)O)c2)CC12CN(C(=O)C1(C(F)(F)F)CC1)C2)C(=O)N1CCC2(CCNCC2)CC1. The summed E-state index contributed by atoms with van der Waals surface area (Å²) in [5.74, 6) is -4.35. The van der Waals surface area contributed by atoms with Gasteiger partial charge < -0.3 is 39.9 Å². The number of halogens is 3. The van der Waals surface area contributed by atoms with E-state index in [0.29, 0.717) is 31.9 Å². The van der Waals surface area contributed by atoms with Gasteiger partial charge in [-0.25, -0.2) is 4.79 Å². The van der Waals surface area contributed by atoms with E-state index in [4.69, 9.17) is 9.47 Å². The first-order valence-electron chi connectivity index (χ1n) is 22.6. The second kappa shape index (κ2) is 16.5. The third-order valence-corrected chi connectivity index (χ3v) is 15.8. The Kier molecular flexibility index (Phi) is 11.4. The highest BCUT2D eigenvalue weighted by molar-refractivity contribution is 5.96. The summed E-state index contributed by atoms with van der Waals surface area (Å²) in [5.41, 5.74) is -2.76. The van der Waals surface area contributed by atoms with Crippen molar-refractivity contribution in [2.24, 2.45) is 27.6 Å². The van der Waals surface area contributed by atoms with Crippen LogP contribution in [0.2, 0.25) is 0 Å². The maximum atomic E-state index is 14.8. The van der Waals surface area contributed by atoms with Crippen LogP contribution in [0.15, 0.2) is 36.7 Å². The Labute approximate surface area is 364 Å². The lowest BCUT2D eigenvalue weighted by Crippen LogP contribution is -2.67. The summed E-state index contributed by atoms with van der Waals surface area (Å²) in [5, 5.41) is 20.5. The molecule has 63 heavy (non-hydrogen) atoms. The third-order valence-electron chi connectivity index (χ3n) is 15.8. The molecule has 0 radical (unpaired) electrons. The third kappa shape index (κ3) is 8.24. The highest BCUT2D eigenvalue weighted by atomic mass is 19.4. The summed E-state index contributed by atoms with van der Waals surface area (Å²) in [4.78, 5) is 73.3.